The van der Waals surface area contributed by atoms with Gasteiger partial charge in [0.2, 0.25) is 0 Å². The normalized spacial score (nSPS) is 12.6. The first-order valence-corrected chi connectivity index (χ1v) is 11.2. The van der Waals surface area contributed by atoms with Gasteiger partial charge in [-0.15, -0.1) is 0 Å². The van der Waals surface area contributed by atoms with E-state index >= 15 is 0 Å². The van der Waals surface area contributed by atoms with E-state index in [9.17, 15) is 14.7 Å². The molecule has 31 heavy (non-hydrogen) atoms. The summed E-state index contributed by atoms with van der Waals surface area (Å²) >= 11 is 1.44. The number of pyridine rings is 1. The van der Waals surface area contributed by atoms with Crippen molar-refractivity contribution in [3.8, 4) is 0 Å². The third-order valence-corrected chi connectivity index (χ3v) is 6.47. The maximum Gasteiger partial charge on any atom is 0.330 e. The minimum atomic E-state index is -0.921. The molecule has 0 spiro atoms. The number of carbonyl (C=O) groups is 1. The van der Waals surface area contributed by atoms with Crippen LogP contribution in [0, 0.1) is 20.8 Å². The summed E-state index contributed by atoms with van der Waals surface area (Å²) in [6, 6.07) is 7.57. The molecule has 1 atom stereocenters. The first kappa shape index (κ1) is 21.2. The number of imidazole rings is 1. The summed E-state index contributed by atoms with van der Waals surface area (Å²) in [6.07, 6.45) is 1.26. The summed E-state index contributed by atoms with van der Waals surface area (Å²) in [7, 11) is 0. The Hall–Kier alpha value is -3.00. The number of benzene rings is 1. The predicted octanol–water partition coefficient (Wildman–Crippen LogP) is 4.60. The molecular formula is C23H26N4O3S. The Bertz CT molecular complexity index is 1350. The van der Waals surface area contributed by atoms with Crippen LogP contribution in [-0.4, -0.2) is 29.6 Å². The summed E-state index contributed by atoms with van der Waals surface area (Å²) in [5.41, 5.74) is 4.96. The fourth-order valence-electron chi connectivity index (χ4n) is 4.36. The van der Waals surface area contributed by atoms with Gasteiger partial charge in [-0.25, -0.2) is 9.78 Å². The average Bonchev–Trinajstić information content (AvgIpc) is 3.20. The SMILES string of the molecule is CCC[C@@H](CC(=O)O)n1c(=O)n(Cc2nsc3cc(C)cc(C)c23)c2ccc(C)nc21. The molecule has 8 heteroatoms. The summed E-state index contributed by atoms with van der Waals surface area (Å²) in [5, 5.41) is 10.5. The van der Waals surface area contributed by atoms with Gasteiger partial charge in [-0.05, 0) is 68.1 Å². The van der Waals surface area contributed by atoms with Crippen LogP contribution in [-0.2, 0) is 11.3 Å². The second kappa shape index (κ2) is 8.26. The van der Waals surface area contributed by atoms with E-state index in [2.05, 4.69) is 35.3 Å². The third-order valence-electron chi connectivity index (χ3n) is 5.64. The molecule has 0 amide bonds. The summed E-state index contributed by atoms with van der Waals surface area (Å²) in [6.45, 7) is 8.31. The molecular weight excluding hydrogens is 412 g/mol. The minimum absolute atomic E-state index is 0.111. The molecule has 0 fully saturated rings. The van der Waals surface area contributed by atoms with E-state index in [4.69, 9.17) is 0 Å². The van der Waals surface area contributed by atoms with Gasteiger partial charge in [0.05, 0.1) is 34.9 Å². The first-order chi connectivity index (χ1) is 14.8. The second-order valence-electron chi connectivity index (χ2n) is 8.16. The fourth-order valence-corrected chi connectivity index (χ4v) is 5.33. The maximum atomic E-state index is 13.6. The van der Waals surface area contributed by atoms with E-state index in [1.54, 1.807) is 9.13 Å². The lowest BCUT2D eigenvalue weighted by Gasteiger charge is -2.15. The number of aryl methyl sites for hydroxylation is 3. The van der Waals surface area contributed by atoms with Gasteiger partial charge in [0.25, 0.3) is 0 Å². The number of carboxylic acids is 1. The molecule has 3 heterocycles. The van der Waals surface area contributed by atoms with Crippen molar-refractivity contribution in [1.29, 1.82) is 0 Å². The molecule has 0 aliphatic rings. The zero-order chi connectivity index (χ0) is 22.3. The van der Waals surface area contributed by atoms with Gasteiger partial charge in [0.1, 0.15) is 0 Å². The van der Waals surface area contributed by atoms with Crippen LogP contribution in [0.3, 0.4) is 0 Å². The Labute approximate surface area is 184 Å². The predicted molar refractivity (Wildman–Crippen MR) is 123 cm³/mol. The highest BCUT2D eigenvalue weighted by atomic mass is 32.1. The minimum Gasteiger partial charge on any atom is -0.481 e. The van der Waals surface area contributed by atoms with Crippen molar-refractivity contribution in [3.05, 3.63) is 57.3 Å². The quantitative estimate of drug-likeness (QED) is 0.455. The van der Waals surface area contributed by atoms with Crippen molar-refractivity contribution >= 4 is 38.8 Å². The Kier molecular flexibility index (Phi) is 5.66. The number of hydrogen-bond donors (Lipinski definition) is 1. The van der Waals surface area contributed by atoms with Crippen molar-refractivity contribution in [3.63, 3.8) is 0 Å². The highest BCUT2D eigenvalue weighted by molar-refractivity contribution is 7.13. The van der Waals surface area contributed by atoms with Crippen LogP contribution in [0.1, 0.15) is 54.7 Å². The van der Waals surface area contributed by atoms with E-state index in [0.717, 1.165) is 33.5 Å². The van der Waals surface area contributed by atoms with Crippen LogP contribution in [0.15, 0.2) is 29.1 Å². The van der Waals surface area contributed by atoms with Crippen LogP contribution in [0.25, 0.3) is 21.3 Å². The maximum absolute atomic E-state index is 13.6. The van der Waals surface area contributed by atoms with E-state index in [0.29, 0.717) is 24.1 Å². The van der Waals surface area contributed by atoms with Gasteiger partial charge < -0.3 is 5.11 Å². The molecule has 0 saturated heterocycles. The molecule has 0 bridgehead atoms. The van der Waals surface area contributed by atoms with Crippen molar-refractivity contribution in [2.75, 3.05) is 0 Å². The van der Waals surface area contributed by atoms with E-state index < -0.39 is 12.0 Å². The lowest BCUT2D eigenvalue weighted by Crippen LogP contribution is -2.29. The Balaban J connectivity index is 1.91. The van der Waals surface area contributed by atoms with Gasteiger partial charge in [-0.3, -0.25) is 13.9 Å². The van der Waals surface area contributed by atoms with Crippen molar-refractivity contribution in [2.24, 2.45) is 0 Å². The van der Waals surface area contributed by atoms with Crippen LogP contribution < -0.4 is 5.69 Å². The van der Waals surface area contributed by atoms with Crippen LogP contribution in [0.5, 0.6) is 0 Å². The largest absolute Gasteiger partial charge is 0.481 e. The first-order valence-electron chi connectivity index (χ1n) is 10.5. The molecule has 0 saturated carbocycles. The van der Waals surface area contributed by atoms with Crippen molar-refractivity contribution in [2.45, 2.75) is 59.5 Å². The molecule has 0 aliphatic carbocycles. The van der Waals surface area contributed by atoms with Crippen LogP contribution >= 0.6 is 11.5 Å². The zero-order valence-electron chi connectivity index (χ0n) is 18.2. The molecule has 0 radical (unpaired) electrons. The van der Waals surface area contributed by atoms with E-state index in [-0.39, 0.29) is 12.1 Å². The fraction of sp³-hybridized carbons (Fsp3) is 0.391. The molecule has 0 aliphatic heterocycles. The number of rotatable bonds is 7. The second-order valence-corrected chi connectivity index (χ2v) is 8.96. The average molecular weight is 439 g/mol. The Morgan fingerprint density at radius 2 is 2.00 bits per heavy atom. The number of aliphatic carboxylic acids is 1. The summed E-state index contributed by atoms with van der Waals surface area (Å²) in [5.74, 6) is -0.921. The van der Waals surface area contributed by atoms with Crippen LogP contribution in [0.2, 0.25) is 0 Å². The highest BCUT2D eigenvalue weighted by Crippen LogP contribution is 2.29. The summed E-state index contributed by atoms with van der Waals surface area (Å²) in [4.78, 5) is 29.7. The molecule has 1 N–H and O–H groups in total. The number of hydrogen-bond acceptors (Lipinski definition) is 5. The summed E-state index contributed by atoms with van der Waals surface area (Å²) < 4.78 is 9.02. The monoisotopic (exact) mass is 438 g/mol. The number of aromatic nitrogens is 4. The molecule has 0 unspecified atom stereocenters. The number of nitrogens with zero attached hydrogens (tertiary/aromatic N) is 4. The molecule has 4 aromatic rings. The van der Waals surface area contributed by atoms with Crippen LogP contribution in [0.4, 0.5) is 0 Å². The van der Waals surface area contributed by atoms with Crippen molar-refractivity contribution in [1.82, 2.24) is 18.5 Å². The topological polar surface area (TPSA) is 90.0 Å². The number of fused-ring (bicyclic) bond motifs is 2. The zero-order valence-corrected chi connectivity index (χ0v) is 19.0. The Morgan fingerprint density at radius 3 is 2.71 bits per heavy atom. The van der Waals surface area contributed by atoms with Gasteiger partial charge in [0.15, 0.2) is 5.65 Å². The van der Waals surface area contributed by atoms with E-state index in [1.165, 1.54) is 17.1 Å². The van der Waals surface area contributed by atoms with Gasteiger partial charge in [-0.1, -0.05) is 19.4 Å². The van der Waals surface area contributed by atoms with Crippen molar-refractivity contribution < 1.29 is 9.90 Å². The standard InChI is InChI=1S/C23H26N4O3S/c1-5-6-16(11-20(28)29)27-22-18(8-7-15(4)24-22)26(23(27)30)12-17-21-14(3)9-13(2)10-19(21)31-25-17/h7-10,16H,5-6,11-12H2,1-4H3,(H,28,29)/t16-/m0/s1. The lowest BCUT2D eigenvalue weighted by molar-refractivity contribution is -0.137. The Morgan fingerprint density at radius 1 is 1.23 bits per heavy atom. The molecule has 7 nitrogen and oxygen atoms in total. The smallest absolute Gasteiger partial charge is 0.330 e. The molecule has 1 aromatic carbocycles. The van der Waals surface area contributed by atoms with Gasteiger partial charge >= 0.3 is 11.7 Å². The lowest BCUT2D eigenvalue weighted by atomic mass is 10.1. The third kappa shape index (κ3) is 3.87. The number of carboxylic acid groups (broad SMARTS) is 1. The molecule has 4 rings (SSSR count). The van der Waals surface area contributed by atoms with Gasteiger partial charge in [0, 0.05) is 11.1 Å². The molecule has 162 valence electrons. The highest BCUT2D eigenvalue weighted by Gasteiger charge is 2.24. The van der Waals surface area contributed by atoms with Gasteiger partial charge in [-0.2, -0.15) is 4.37 Å². The van der Waals surface area contributed by atoms with E-state index in [1.807, 2.05) is 26.0 Å². The molecule has 3 aromatic heterocycles.